The number of unbranched alkanes of at least 4 members (excludes halogenated alkanes) is 1. The van der Waals surface area contributed by atoms with Crippen LogP contribution in [0.4, 0.5) is 0 Å². The molecule has 0 aliphatic rings. The largest absolute Gasteiger partial charge is 0.396 e. The average molecular weight is 256 g/mol. The topological polar surface area (TPSA) is 57.5 Å². The smallest absolute Gasteiger partial charge is 0.207 e. The molecule has 0 spiro atoms. The van der Waals surface area contributed by atoms with Gasteiger partial charge in [-0.05, 0) is 18.4 Å². The van der Waals surface area contributed by atoms with Gasteiger partial charge in [0.2, 0.25) is 7.37 Å². The SMILES string of the molecule is CCCCP(=O)(O)C(CCO)c1ccccc1. The highest BCUT2D eigenvalue weighted by atomic mass is 31.2. The zero-order valence-corrected chi connectivity index (χ0v) is 11.1. The fourth-order valence-corrected chi connectivity index (χ4v) is 4.18. The fourth-order valence-electron chi connectivity index (χ4n) is 1.94. The molecule has 0 radical (unpaired) electrons. The van der Waals surface area contributed by atoms with Gasteiger partial charge in [0, 0.05) is 12.8 Å². The van der Waals surface area contributed by atoms with Crippen LogP contribution in [0, 0.1) is 0 Å². The Morgan fingerprint density at radius 1 is 1.29 bits per heavy atom. The first-order valence-electron chi connectivity index (χ1n) is 6.09. The van der Waals surface area contributed by atoms with Crippen molar-refractivity contribution in [3.8, 4) is 0 Å². The van der Waals surface area contributed by atoms with Crippen molar-refractivity contribution in [3.63, 3.8) is 0 Å². The van der Waals surface area contributed by atoms with E-state index in [4.69, 9.17) is 5.11 Å². The monoisotopic (exact) mass is 256 g/mol. The summed E-state index contributed by atoms with van der Waals surface area (Å²) in [6.07, 6.45) is 2.35. The molecule has 2 atom stereocenters. The van der Waals surface area contributed by atoms with Crippen molar-refractivity contribution in [3.05, 3.63) is 35.9 Å². The van der Waals surface area contributed by atoms with Crippen LogP contribution in [0.15, 0.2) is 30.3 Å². The molecular formula is C13H21O3P. The lowest BCUT2D eigenvalue weighted by atomic mass is 10.1. The molecule has 1 aromatic carbocycles. The fraction of sp³-hybridized carbons (Fsp3) is 0.538. The van der Waals surface area contributed by atoms with E-state index in [1.807, 2.05) is 37.3 Å². The van der Waals surface area contributed by atoms with E-state index in [2.05, 4.69) is 0 Å². The van der Waals surface area contributed by atoms with Crippen LogP contribution in [0.2, 0.25) is 0 Å². The van der Waals surface area contributed by atoms with Crippen molar-refractivity contribution in [2.24, 2.45) is 0 Å². The molecule has 0 aliphatic heterocycles. The van der Waals surface area contributed by atoms with Gasteiger partial charge in [-0.3, -0.25) is 4.57 Å². The van der Waals surface area contributed by atoms with E-state index in [-0.39, 0.29) is 6.61 Å². The van der Waals surface area contributed by atoms with Crippen molar-refractivity contribution in [1.82, 2.24) is 0 Å². The summed E-state index contributed by atoms with van der Waals surface area (Å²) < 4.78 is 12.3. The van der Waals surface area contributed by atoms with E-state index in [1.54, 1.807) is 0 Å². The maximum absolute atomic E-state index is 12.3. The Hall–Kier alpha value is -0.630. The maximum atomic E-state index is 12.3. The molecule has 1 aromatic rings. The van der Waals surface area contributed by atoms with Crippen LogP contribution < -0.4 is 0 Å². The lowest BCUT2D eigenvalue weighted by molar-refractivity contribution is 0.282. The lowest BCUT2D eigenvalue weighted by Gasteiger charge is -2.22. The molecule has 0 aliphatic carbocycles. The van der Waals surface area contributed by atoms with Crippen molar-refractivity contribution >= 4 is 7.37 Å². The highest BCUT2D eigenvalue weighted by Crippen LogP contribution is 2.57. The normalized spacial score (nSPS) is 16.4. The molecule has 0 saturated carbocycles. The van der Waals surface area contributed by atoms with E-state index >= 15 is 0 Å². The van der Waals surface area contributed by atoms with Crippen LogP contribution in [0.25, 0.3) is 0 Å². The number of rotatable bonds is 7. The standard InChI is InChI=1S/C13H21O3P/c1-2-3-11-17(15,16)13(9-10-14)12-7-5-4-6-8-12/h4-8,13-14H,2-3,9-11H2,1H3,(H,15,16). The average Bonchev–Trinajstić information content (AvgIpc) is 2.34. The van der Waals surface area contributed by atoms with Crippen LogP contribution in [0.1, 0.15) is 37.4 Å². The Morgan fingerprint density at radius 2 is 1.94 bits per heavy atom. The van der Waals surface area contributed by atoms with Gasteiger partial charge in [0.05, 0.1) is 5.66 Å². The predicted octanol–water partition coefficient (Wildman–Crippen LogP) is 3.18. The minimum atomic E-state index is -3.22. The van der Waals surface area contributed by atoms with Crippen molar-refractivity contribution in [1.29, 1.82) is 0 Å². The van der Waals surface area contributed by atoms with Gasteiger partial charge in [-0.25, -0.2) is 0 Å². The summed E-state index contributed by atoms with van der Waals surface area (Å²) in [4.78, 5) is 10.1. The quantitative estimate of drug-likeness (QED) is 0.737. The highest BCUT2D eigenvalue weighted by Gasteiger charge is 2.30. The van der Waals surface area contributed by atoms with Gasteiger partial charge < -0.3 is 10.00 Å². The molecule has 4 heteroatoms. The number of benzene rings is 1. The van der Waals surface area contributed by atoms with E-state index in [0.717, 1.165) is 18.4 Å². The second-order valence-electron chi connectivity index (χ2n) is 4.27. The molecule has 17 heavy (non-hydrogen) atoms. The van der Waals surface area contributed by atoms with E-state index in [1.165, 1.54) is 0 Å². The number of hydrogen-bond acceptors (Lipinski definition) is 2. The van der Waals surface area contributed by atoms with Gasteiger partial charge in [0.15, 0.2) is 0 Å². The summed E-state index contributed by atoms with van der Waals surface area (Å²) in [5.74, 6) is 0. The summed E-state index contributed by atoms with van der Waals surface area (Å²) in [6, 6.07) is 9.32. The summed E-state index contributed by atoms with van der Waals surface area (Å²) in [7, 11) is -3.22. The third-order valence-electron chi connectivity index (χ3n) is 2.91. The van der Waals surface area contributed by atoms with Crippen LogP contribution >= 0.6 is 7.37 Å². The van der Waals surface area contributed by atoms with Crippen LogP contribution in [0.3, 0.4) is 0 Å². The van der Waals surface area contributed by atoms with Crippen molar-refractivity contribution < 1.29 is 14.6 Å². The summed E-state index contributed by atoms with van der Waals surface area (Å²) in [5.41, 5.74) is 0.420. The summed E-state index contributed by atoms with van der Waals surface area (Å²) in [5, 5.41) is 9.05. The first-order chi connectivity index (χ1) is 8.11. The predicted molar refractivity (Wildman–Crippen MR) is 70.5 cm³/mol. The minimum absolute atomic E-state index is 0.0593. The molecule has 0 fully saturated rings. The van der Waals surface area contributed by atoms with Crippen molar-refractivity contribution in [2.75, 3.05) is 12.8 Å². The molecule has 0 saturated heterocycles. The van der Waals surface area contributed by atoms with Gasteiger partial charge in [0.25, 0.3) is 0 Å². The van der Waals surface area contributed by atoms with Gasteiger partial charge in [-0.1, -0.05) is 43.7 Å². The molecule has 2 N–H and O–H groups in total. The number of hydrogen-bond donors (Lipinski definition) is 2. The maximum Gasteiger partial charge on any atom is 0.207 e. The third kappa shape index (κ3) is 4.27. The van der Waals surface area contributed by atoms with Gasteiger partial charge in [-0.2, -0.15) is 0 Å². The minimum Gasteiger partial charge on any atom is -0.396 e. The second kappa shape index (κ2) is 6.95. The first kappa shape index (κ1) is 14.4. The Bertz CT molecular complexity index is 364. The molecule has 3 nitrogen and oxygen atoms in total. The second-order valence-corrected chi connectivity index (χ2v) is 6.85. The Balaban J connectivity index is 2.89. The van der Waals surface area contributed by atoms with Crippen LogP contribution in [0.5, 0.6) is 0 Å². The Morgan fingerprint density at radius 3 is 2.47 bits per heavy atom. The Kier molecular flexibility index (Phi) is 5.90. The molecule has 1 rings (SSSR count). The summed E-state index contributed by atoms with van der Waals surface area (Å²) in [6.45, 7) is 1.94. The molecule has 0 bridgehead atoms. The van der Waals surface area contributed by atoms with Crippen LogP contribution in [-0.2, 0) is 4.57 Å². The third-order valence-corrected chi connectivity index (χ3v) is 5.39. The lowest BCUT2D eigenvalue weighted by Crippen LogP contribution is -2.05. The van der Waals surface area contributed by atoms with E-state index in [0.29, 0.717) is 12.6 Å². The molecular weight excluding hydrogens is 235 g/mol. The first-order valence-corrected chi connectivity index (χ1v) is 8.00. The highest BCUT2D eigenvalue weighted by molar-refractivity contribution is 7.58. The van der Waals surface area contributed by atoms with Gasteiger partial charge >= 0.3 is 0 Å². The van der Waals surface area contributed by atoms with Crippen LogP contribution in [-0.4, -0.2) is 22.8 Å². The van der Waals surface area contributed by atoms with E-state index in [9.17, 15) is 9.46 Å². The Labute approximate surface area is 103 Å². The number of aliphatic hydroxyl groups excluding tert-OH is 1. The molecule has 0 heterocycles. The van der Waals surface area contributed by atoms with Gasteiger partial charge in [0.1, 0.15) is 0 Å². The van der Waals surface area contributed by atoms with E-state index < -0.39 is 13.0 Å². The molecule has 96 valence electrons. The molecule has 0 aromatic heterocycles. The summed E-state index contributed by atoms with van der Waals surface area (Å²) >= 11 is 0. The van der Waals surface area contributed by atoms with Gasteiger partial charge in [-0.15, -0.1) is 0 Å². The zero-order chi connectivity index (χ0) is 12.7. The number of aliphatic hydroxyl groups is 1. The molecule has 0 amide bonds. The van der Waals surface area contributed by atoms with Crippen molar-refractivity contribution in [2.45, 2.75) is 31.8 Å². The molecule has 2 unspecified atom stereocenters. The zero-order valence-electron chi connectivity index (χ0n) is 10.2.